The Morgan fingerprint density at radius 2 is 1.85 bits per heavy atom. The van der Waals surface area contributed by atoms with Crippen molar-refractivity contribution in [3.63, 3.8) is 0 Å². The van der Waals surface area contributed by atoms with Crippen molar-refractivity contribution in [2.45, 2.75) is 25.4 Å². The van der Waals surface area contributed by atoms with Crippen molar-refractivity contribution in [1.82, 2.24) is 5.32 Å². The fraction of sp³-hybridized carbons (Fsp3) is 0.192. The van der Waals surface area contributed by atoms with E-state index >= 15 is 0 Å². The van der Waals surface area contributed by atoms with Gasteiger partial charge in [0.05, 0.1) is 17.0 Å². The first-order valence-corrected chi connectivity index (χ1v) is 11.9. The van der Waals surface area contributed by atoms with Crippen molar-refractivity contribution in [3.05, 3.63) is 93.3 Å². The molecule has 1 fully saturated rings. The summed E-state index contributed by atoms with van der Waals surface area (Å²) in [6.07, 6.45) is 2.79. The molecule has 4 rings (SSSR count). The summed E-state index contributed by atoms with van der Waals surface area (Å²) in [4.78, 5) is 13.1. The Bertz CT molecular complexity index is 1150. The van der Waals surface area contributed by atoms with Crippen LogP contribution in [0.2, 0.25) is 5.02 Å². The quantitative estimate of drug-likeness (QED) is 0.382. The highest BCUT2D eigenvalue weighted by Crippen LogP contribution is 2.39. The summed E-state index contributed by atoms with van der Waals surface area (Å²) in [7, 11) is 1.57. The van der Waals surface area contributed by atoms with Crippen LogP contribution < -0.4 is 20.1 Å². The number of carbonyl (C=O) groups is 1. The van der Waals surface area contributed by atoms with Gasteiger partial charge in [-0.3, -0.25) is 4.79 Å². The molecule has 33 heavy (non-hydrogen) atoms. The molecule has 0 saturated carbocycles. The third kappa shape index (κ3) is 5.83. The lowest BCUT2D eigenvalue weighted by Crippen LogP contribution is -2.30. The van der Waals surface area contributed by atoms with Crippen molar-refractivity contribution in [3.8, 4) is 11.5 Å². The zero-order chi connectivity index (χ0) is 23.2. The minimum absolute atomic E-state index is 0.137. The minimum atomic E-state index is -0.248. The van der Waals surface area contributed by atoms with E-state index in [-0.39, 0.29) is 11.4 Å². The maximum atomic E-state index is 12.5. The number of ether oxygens (including phenoxy) is 2. The van der Waals surface area contributed by atoms with E-state index in [0.717, 1.165) is 23.2 Å². The fourth-order valence-corrected chi connectivity index (χ4v) is 4.66. The van der Waals surface area contributed by atoms with E-state index in [9.17, 15) is 4.79 Å². The van der Waals surface area contributed by atoms with Gasteiger partial charge in [0.1, 0.15) is 6.61 Å². The topological polar surface area (TPSA) is 59.6 Å². The number of halogens is 1. The van der Waals surface area contributed by atoms with Gasteiger partial charge in [-0.05, 0) is 53.5 Å². The second-order valence-corrected chi connectivity index (χ2v) is 9.04. The molecule has 1 amide bonds. The molecule has 1 saturated heterocycles. The summed E-state index contributed by atoms with van der Waals surface area (Å²) in [5.74, 6) is 0.852. The van der Waals surface area contributed by atoms with Gasteiger partial charge in [-0.15, -0.1) is 0 Å². The molecule has 3 aromatic carbocycles. The molecule has 3 aromatic rings. The smallest absolute Gasteiger partial charge is 0.260 e. The molecule has 1 atom stereocenters. The Balaban J connectivity index is 1.47. The van der Waals surface area contributed by atoms with Crippen LogP contribution >= 0.6 is 23.4 Å². The van der Waals surface area contributed by atoms with E-state index in [1.165, 1.54) is 17.3 Å². The number of methoxy groups -OCH3 is 1. The van der Waals surface area contributed by atoms with Crippen molar-refractivity contribution >= 4 is 41.0 Å². The SMILES string of the molecule is CCc1ccc(N[C@H]2NC(=O)/C(=C/c3cc(Cl)c(OCc4ccccc4)c(OC)c3)S2)cc1. The summed E-state index contributed by atoms with van der Waals surface area (Å²) in [6.45, 7) is 2.50. The lowest BCUT2D eigenvalue weighted by molar-refractivity contribution is -0.116. The molecule has 0 unspecified atom stereocenters. The lowest BCUT2D eigenvalue weighted by atomic mass is 10.1. The van der Waals surface area contributed by atoms with Gasteiger partial charge >= 0.3 is 0 Å². The Labute approximate surface area is 203 Å². The van der Waals surface area contributed by atoms with Crippen LogP contribution in [0, 0.1) is 0 Å². The summed E-state index contributed by atoms with van der Waals surface area (Å²) in [5, 5.41) is 6.71. The summed E-state index contributed by atoms with van der Waals surface area (Å²) in [5.41, 5.74) is 3.77. The van der Waals surface area contributed by atoms with Gasteiger partial charge in [-0.25, -0.2) is 0 Å². The van der Waals surface area contributed by atoms with Crippen LogP contribution in [0.5, 0.6) is 11.5 Å². The first-order valence-electron chi connectivity index (χ1n) is 10.6. The predicted molar refractivity (Wildman–Crippen MR) is 136 cm³/mol. The maximum absolute atomic E-state index is 12.5. The number of rotatable bonds is 8. The molecule has 0 bridgehead atoms. The molecular formula is C26H25ClN2O3S. The van der Waals surface area contributed by atoms with Crippen LogP contribution in [0.1, 0.15) is 23.6 Å². The third-order valence-electron chi connectivity index (χ3n) is 5.17. The molecule has 1 heterocycles. The van der Waals surface area contributed by atoms with Crippen molar-refractivity contribution in [1.29, 1.82) is 0 Å². The fourth-order valence-electron chi connectivity index (χ4n) is 3.40. The Hall–Kier alpha value is -3.09. The van der Waals surface area contributed by atoms with Crippen LogP contribution in [-0.2, 0) is 17.8 Å². The Morgan fingerprint density at radius 1 is 1.09 bits per heavy atom. The number of anilines is 1. The normalized spacial score (nSPS) is 16.5. The van der Waals surface area contributed by atoms with E-state index in [0.29, 0.717) is 28.0 Å². The Kier molecular flexibility index (Phi) is 7.47. The van der Waals surface area contributed by atoms with Gasteiger partial charge < -0.3 is 20.1 Å². The van der Waals surface area contributed by atoms with Crippen LogP contribution in [0.3, 0.4) is 0 Å². The van der Waals surface area contributed by atoms with Gasteiger partial charge in [0, 0.05) is 5.69 Å². The first kappa shape index (κ1) is 23.1. The second-order valence-electron chi connectivity index (χ2n) is 7.48. The van der Waals surface area contributed by atoms with E-state index in [2.05, 4.69) is 29.7 Å². The number of hydrogen-bond donors (Lipinski definition) is 2. The van der Waals surface area contributed by atoms with Gasteiger partial charge in [0.2, 0.25) is 0 Å². The number of amides is 1. The molecule has 2 N–H and O–H groups in total. The number of nitrogens with one attached hydrogen (secondary N) is 2. The Morgan fingerprint density at radius 3 is 2.55 bits per heavy atom. The highest BCUT2D eigenvalue weighted by atomic mass is 35.5. The van der Waals surface area contributed by atoms with E-state index in [1.54, 1.807) is 19.3 Å². The van der Waals surface area contributed by atoms with E-state index in [1.807, 2.05) is 48.5 Å². The number of aryl methyl sites for hydroxylation is 1. The van der Waals surface area contributed by atoms with Crippen LogP contribution in [-0.4, -0.2) is 18.5 Å². The van der Waals surface area contributed by atoms with Crippen LogP contribution in [0.15, 0.2) is 71.6 Å². The number of benzene rings is 3. The van der Waals surface area contributed by atoms with E-state index in [4.69, 9.17) is 21.1 Å². The number of carbonyl (C=O) groups excluding carboxylic acids is 1. The first-order chi connectivity index (χ1) is 16.1. The van der Waals surface area contributed by atoms with Gasteiger partial charge in [0.25, 0.3) is 5.91 Å². The number of hydrogen-bond acceptors (Lipinski definition) is 5. The van der Waals surface area contributed by atoms with E-state index < -0.39 is 0 Å². The minimum Gasteiger partial charge on any atom is -0.493 e. The molecule has 7 heteroatoms. The molecule has 1 aliphatic rings. The maximum Gasteiger partial charge on any atom is 0.260 e. The zero-order valence-electron chi connectivity index (χ0n) is 18.4. The molecule has 0 spiro atoms. The standard InChI is InChI=1S/C26H25ClN2O3S/c1-3-17-9-11-20(12-10-17)28-26-29-25(30)23(33-26)15-19-13-21(27)24(22(14-19)31-2)32-16-18-7-5-4-6-8-18/h4-15,26,28H,3,16H2,1-2H3,(H,29,30)/b23-15-/t26-/m0/s1. The van der Waals surface area contributed by atoms with Gasteiger partial charge in [-0.1, -0.05) is 72.8 Å². The van der Waals surface area contributed by atoms with Gasteiger partial charge in [-0.2, -0.15) is 0 Å². The molecule has 0 aliphatic carbocycles. The predicted octanol–water partition coefficient (Wildman–Crippen LogP) is 6.09. The van der Waals surface area contributed by atoms with Gasteiger partial charge in [0.15, 0.2) is 17.0 Å². The largest absolute Gasteiger partial charge is 0.493 e. The summed E-state index contributed by atoms with van der Waals surface area (Å²) in [6, 6.07) is 21.6. The van der Waals surface area contributed by atoms with Crippen molar-refractivity contribution in [2.24, 2.45) is 0 Å². The number of thioether (sulfide) groups is 1. The zero-order valence-corrected chi connectivity index (χ0v) is 20.0. The molecular weight excluding hydrogens is 456 g/mol. The average Bonchev–Trinajstić information content (AvgIpc) is 3.17. The highest BCUT2D eigenvalue weighted by Gasteiger charge is 2.27. The molecule has 0 radical (unpaired) electrons. The van der Waals surface area contributed by atoms with Crippen LogP contribution in [0.4, 0.5) is 5.69 Å². The monoisotopic (exact) mass is 480 g/mol. The summed E-state index contributed by atoms with van der Waals surface area (Å²) < 4.78 is 11.4. The lowest BCUT2D eigenvalue weighted by Gasteiger charge is -2.14. The summed E-state index contributed by atoms with van der Waals surface area (Å²) >= 11 is 7.93. The molecule has 1 aliphatic heterocycles. The molecule has 170 valence electrons. The van der Waals surface area contributed by atoms with Crippen molar-refractivity contribution < 1.29 is 14.3 Å². The molecule has 5 nitrogen and oxygen atoms in total. The van der Waals surface area contributed by atoms with Crippen molar-refractivity contribution in [2.75, 3.05) is 12.4 Å². The van der Waals surface area contributed by atoms with Crippen LogP contribution in [0.25, 0.3) is 6.08 Å². The molecule has 0 aromatic heterocycles. The average molecular weight is 481 g/mol. The highest BCUT2D eigenvalue weighted by molar-refractivity contribution is 8.05. The second kappa shape index (κ2) is 10.7. The third-order valence-corrected chi connectivity index (χ3v) is 6.48.